The Hall–Kier alpha value is -1.31. The summed E-state index contributed by atoms with van der Waals surface area (Å²) in [4.78, 5) is 13.2. The Morgan fingerprint density at radius 3 is 2.74 bits per heavy atom. The zero-order chi connectivity index (χ0) is 14.0. The van der Waals surface area contributed by atoms with Crippen molar-refractivity contribution in [2.24, 2.45) is 5.41 Å². The first-order valence-corrected chi connectivity index (χ1v) is 7.21. The van der Waals surface area contributed by atoms with Crippen molar-refractivity contribution in [2.75, 3.05) is 13.6 Å². The summed E-state index contributed by atoms with van der Waals surface area (Å²) in [5.41, 5.74) is 3.32. The molecule has 0 radical (unpaired) electrons. The molecular weight excluding hydrogens is 234 g/mol. The second kappa shape index (κ2) is 5.36. The lowest BCUT2D eigenvalue weighted by Crippen LogP contribution is -2.33. The highest BCUT2D eigenvalue weighted by molar-refractivity contribution is 5.72. The first kappa shape index (κ1) is 14.1. The minimum atomic E-state index is 0.155. The predicted molar refractivity (Wildman–Crippen MR) is 79.2 cm³/mol. The Morgan fingerprint density at radius 1 is 1.37 bits per heavy atom. The summed E-state index contributed by atoms with van der Waals surface area (Å²) < 4.78 is 0. The molecule has 1 aliphatic carbocycles. The van der Waals surface area contributed by atoms with Crippen molar-refractivity contribution in [3.63, 3.8) is 0 Å². The molecule has 0 bridgehead atoms. The first-order chi connectivity index (χ1) is 8.92. The van der Waals surface area contributed by atoms with E-state index in [-0.39, 0.29) is 5.91 Å². The van der Waals surface area contributed by atoms with E-state index in [1.54, 1.807) is 6.92 Å². The number of carbonyl (C=O) groups is 1. The molecule has 1 amide bonds. The third-order valence-corrected chi connectivity index (χ3v) is 4.70. The highest BCUT2D eigenvalue weighted by atomic mass is 16.2. The molecule has 1 unspecified atom stereocenters. The van der Waals surface area contributed by atoms with Crippen molar-refractivity contribution in [1.82, 2.24) is 4.90 Å². The van der Waals surface area contributed by atoms with Crippen LogP contribution in [0.4, 0.5) is 0 Å². The normalized spacial score (nSPS) is 20.7. The summed E-state index contributed by atoms with van der Waals surface area (Å²) >= 11 is 0. The number of benzene rings is 1. The Bertz CT molecular complexity index is 464. The Balaban J connectivity index is 2.19. The molecule has 19 heavy (non-hydrogen) atoms. The van der Waals surface area contributed by atoms with Gasteiger partial charge in [-0.05, 0) is 41.7 Å². The van der Waals surface area contributed by atoms with Crippen LogP contribution in [0, 0.1) is 5.41 Å². The predicted octanol–water partition coefficient (Wildman–Crippen LogP) is 3.61. The molecule has 2 heteroatoms. The van der Waals surface area contributed by atoms with Gasteiger partial charge in [-0.25, -0.2) is 0 Å². The van der Waals surface area contributed by atoms with Gasteiger partial charge in [0, 0.05) is 20.5 Å². The van der Waals surface area contributed by atoms with Gasteiger partial charge >= 0.3 is 0 Å². The third-order valence-electron chi connectivity index (χ3n) is 4.70. The second-order valence-corrected chi connectivity index (χ2v) is 6.47. The van der Waals surface area contributed by atoms with Crippen LogP contribution in [-0.2, 0) is 11.2 Å². The third kappa shape index (κ3) is 2.99. The summed E-state index contributed by atoms with van der Waals surface area (Å²) in [6.45, 7) is 7.21. The van der Waals surface area contributed by atoms with Crippen LogP contribution in [0.1, 0.15) is 50.7 Å². The van der Waals surface area contributed by atoms with E-state index in [0.717, 1.165) is 13.0 Å². The smallest absolute Gasteiger partial charge is 0.219 e. The molecule has 1 aromatic rings. The van der Waals surface area contributed by atoms with Crippen molar-refractivity contribution >= 4 is 5.91 Å². The standard InChI is InChI=1S/C17H25NO/c1-13(19)18(4)12-10-16-15-8-6-5-7-14(15)9-11-17(16,2)3/h5-8,16H,9-12H2,1-4H3. The number of carbonyl (C=O) groups excluding carboxylic acids is 1. The fourth-order valence-corrected chi connectivity index (χ4v) is 3.18. The van der Waals surface area contributed by atoms with Crippen LogP contribution < -0.4 is 0 Å². The molecule has 0 fully saturated rings. The molecule has 0 saturated carbocycles. The zero-order valence-corrected chi connectivity index (χ0v) is 12.6. The molecule has 1 atom stereocenters. The van der Waals surface area contributed by atoms with Crippen LogP contribution in [0.2, 0.25) is 0 Å². The number of hydrogen-bond acceptors (Lipinski definition) is 1. The van der Waals surface area contributed by atoms with E-state index < -0.39 is 0 Å². The van der Waals surface area contributed by atoms with Gasteiger partial charge in [-0.15, -0.1) is 0 Å². The number of rotatable bonds is 3. The number of aryl methyl sites for hydroxylation is 1. The summed E-state index contributed by atoms with van der Waals surface area (Å²) in [6, 6.07) is 8.80. The van der Waals surface area contributed by atoms with E-state index in [2.05, 4.69) is 38.1 Å². The first-order valence-electron chi connectivity index (χ1n) is 7.21. The van der Waals surface area contributed by atoms with E-state index in [9.17, 15) is 4.79 Å². The molecule has 0 N–H and O–H groups in total. The van der Waals surface area contributed by atoms with Gasteiger partial charge in [-0.3, -0.25) is 4.79 Å². The van der Waals surface area contributed by atoms with E-state index in [4.69, 9.17) is 0 Å². The Labute approximate surface area is 116 Å². The molecule has 1 aliphatic rings. The lowest BCUT2D eigenvalue weighted by Gasteiger charge is -2.41. The lowest BCUT2D eigenvalue weighted by atomic mass is 9.65. The van der Waals surface area contributed by atoms with Crippen molar-refractivity contribution < 1.29 is 4.79 Å². The van der Waals surface area contributed by atoms with Crippen molar-refractivity contribution in [2.45, 2.75) is 46.0 Å². The maximum absolute atomic E-state index is 11.3. The quantitative estimate of drug-likeness (QED) is 0.812. The second-order valence-electron chi connectivity index (χ2n) is 6.47. The maximum atomic E-state index is 11.3. The molecule has 0 aliphatic heterocycles. The van der Waals surface area contributed by atoms with Crippen molar-refractivity contribution in [3.05, 3.63) is 35.4 Å². The summed E-state index contributed by atoms with van der Waals surface area (Å²) in [5.74, 6) is 0.709. The van der Waals surface area contributed by atoms with E-state index >= 15 is 0 Å². The van der Waals surface area contributed by atoms with E-state index in [1.807, 2.05) is 11.9 Å². The van der Waals surface area contributed by atoms with Crippen LogP contribution in [0.15, 0.2) is 24.3 Å². The van der Waals surface area contributed by atoms with Gasteiger partial charge in [-0.1, -0.05) is 38.1 Å². The van der Waals surface area contributed by atoms with Gasteiger partial charge in [0.2, 0.25) is 5.91 Å². The van der Waals surface area contributed by atoms with Crippen molar-refractivity contribution in [3.8, 4) is 0 Å². The average Bonchev–Trinajstić information content (AvgIpc) is 2.36. The van der Waals surface area contributed by atoms with Gasteiger partial charge in [0.15, 0.2) is 0 Å². The molecule has 0 saturated heterocycles. The number of hydrogen-bond donors (Lipinski definition) is 0. The molecule has 0 aromatic heterocycles. The SMILES string of the molecule is CC(=O)N(C)CCC1c2ccccc2CCC1(C)C. The number of nitrogens with zero attached hydrogens (tertiary/aromatic N) is 1. The fourth-order valence-electron chi connectivity index (χ4n) is 3.18. The molecule has 104 valence electrons. The monoisotopic (exact) mass is 259 g/mol. The summed E-state index contributed by atoms with van der Waals surface area (Å²) in [6.07, 6.45) is 3.47. The Morgan fingerprint density at radius 2 is 2.05 bits per heavy atom. The highest BCUT2D eigenvalue weighted by Gasteiger charge is 2.35. The topological polar surface area (TPSA) is 20.3 Å². The molecule has 0 heterocycles. The average molecular weight is 259 g/mol. The van der Waals surface area contributed by atoms with Gasteiger partial charge in [0.05, 0.1) is 0 Å². The minimum absolute atomic E-state index is 0.155. The molecule has 2 nitrogen and oxygen atoms in total. The van der Waals surface area contributed by atoms with Crippen LogP contribution >= 0.6 is 0 Å². The van der Waals surface area contributed by atoms with Crippen LogP contribution in [-0.4, -0.2) is 24.4 Å². The largest absolute Gasteiger partial charge is 0.346 e. The maximum Gasteiger partial charge on any atom is 0.219 e. The summed E-state index contributed by atoms with van der Waals surface area (Å²) in [7, 11) is 1.89. The molecule has 0 spiro atoms. The minimum Gasteiger partial charge on any atom is -0.346 e. The van der Waals surface area contributed by atoms with Gasteiger partial charge in [-0.2, -0.15) is 0 Å². The van der Waals surface area contributed by atoms with Gasteiger partial charge in [0.1, 0.15) is 0 Å². The molecule has 2 rings (SSSR count). The fraction of sp³-hybridized carbons (Fsp3) is 0.588. The van der Waals surface area contributed by atoms with E-state index in [0.29, 0.717) is 11.3 Å². The van der Waals surface area contributed by atoms with Gasteiger partial charge < -0.3 is 4.90 Å². The number of amides is 1. The molecule has 1 aromatic carbocycles. The number of fused-ring (bicyclic) bond motifs is 1. The molecular formula is C17H25NO. The van der Waals surface area contributed by atoms with Crippen molar-refractivity contribution in [1.29, 1.82) is 0 Å². The van der Waals surface area contributed by atoms with E-state index in [1.165, 1.54) is 24.0 Å². The van der Waals surface area contributed by atoms with Gasteiger partial charge in [0.25, 0.3) is 0 Å². The highest BCUT2D eigenvalue weighted by Crippen LogP contribution is 2.46. The van der Waals surface area contributed by atoms with Crippen LogP contribution in [0.3, 0.4) is 0 Å². The van der Waals surface area contributed by atoms with Crippen LogP contribution in [0.25, 0.3) is 0 Å². The lowest BCUT2D eigenvalue weighted by molar-refractivity contribution is -0.127. The zero-order valence-electron chi connectivity index (χ0n) is 12.6. The Kier molecular flexibility index (Phi) is 3.98. The summed E-state index contributed by atoms with van der Waals surface area (Å²) in [5, 5.41) is 0. The van der Waals surface area contributed by atoms with Crippen LogP contribution in [0.5, 0.6) is 0 Å².